The van der Waals surface area contributed by atoms with Crippen molar-refractivity contribution in [3.8, 4) is 0 Å². The molecule has 2 aliphatic rings. The number of amides is 2. The zero-order valence-electron chi connectivity index (χ0n) is 11.6. The molecule has 3 rings (SSSR count). The number of carbonyl (C=O) groups excluding carboxylic acids is 1. The van der Waals surface area contributed by atoms with Crippen molar-refractivity contribution < 1.29 is 4.79 Å². The van der Waals surface area contributed by atoms with Crippen LogP contribution in [0.2, 0.25) is 5.02 Å². The highest BCUT2D eigenvalue weighted by molar-refractivity contribution is 6.33. The van der Waals surface area contributed by atoms with Gasteiger partial charge in [0.2, 0.25) is 0 Å². The fourth-order valence-electron chi connectivity index (χ4n) is 2.66. The van der Waals surface area contributed by atoms with Crippen LogP contribution in [-0.4, -0.2) is 41.4 Å². The summed E-state index contributed by atoms with van der Waals surface area (Å²) in [5.74, 6) is 0. The van der Waals surface area contributed by atoms with Crippen molar-refractivity contribution in [3.63, 3.8) is 0 Å². The molecule has 2 heterocycles. The summed E-state index contributed by atoms with van der Waals surface area (Å²) < 4.78 is 0. The largest absolute Gasteiger partial charge is 0.367 e. The fraction of sp³-hybridized carbons (Fsp3) is 0.615. The highest BCUT2D eigenvalue weighted by Gasteiger charge is 2.27. The van der Waals surface area contributed by atoms with Gasteiger partial charge in [0, 0.05) is 25.2 Å². The molecule has 0 radical (unpaired) electrons. The zero-order valence-corrected chi connectivity index (χ0v) is 12.3. The molecular formula is C13H18ClN5O2. The average molecular weight is 312 g/mol. The van der Waals surface area contributed by atoms with Crippen molar-refractivity contribution in [2.45, 2.75) is 37.8 Å². The minimum absolute atomic E-state index is 0.0560. The molecule has 3 N–H and O–H groups in total. The van der Waals surface area contributed by atoms with Gasteiger partial charge in [-0.2, -0.15) is 5.10 Å². The van der Waals surface area contributed by atoms with Crippen LogP contribution in [0.4, 0.5) is 10.5 Å². The van der Waals surface area contributed by atoms with E-state index in [-0.39, 0.29) is 17.1 Å². The monoisotopic (exact) mass is 311 g/mol. The minimum Gasteiger partial charge on any atom is -0.367 e. The number of nitrogens with one attached hydrogen (secondary N) is 3. The number of nitrogens with zero attached hydrogens (tertiary/aromatic N) is 2. The molecule has 7 nitrogen and oxygen atoms in total. The fourth-order valence-corrected chi connectivity index (χ4v) is 2.87. The van der Waals surface area contributed by atoms with Crippen molar-refractivity contribution in [1.82, 2.24) is 20.8 Å². The normalized spacial score (nSPS) is 22.0. The first-order valence-corrected chi connectivity index (χ1v) is 7.56. The van der Waals surface area contributed by atoms with E-state index in [2.05, 4.69) is 20.8 Å². The molecule has 0 spiro atoms. The second kappa shape index (κ2) is 5.93. The molecule has 8 heteroatoms. The first-order chi connectivity index (χ1) is 10.1. The van der Waals surface area contributed by atoms with Crippen LogP contribution in [0.3, 0.4) is 0 Å². The van der Waals surface area contributed by atoms with E-state index in [1.54, 1.807) is 6.20 Å². The summed E-state index contributed by atoms with van der Waals surface area (Å²) in [6.45, 7) is 1.36. The van der Waals surface area contributed by atoms with Crippen LogP contribution in [0, 0.1) is 0 Å². The van der Waals surface area contributed by atoms with Crippen LogP contribution in [0.25, 0.3) is 0 Å². The molecule has 1 aliphatic carbocycles. The van der Waals surface area contributed by atoms with Crippen molar-refractivity contribution in [2.75, 3.05) is 18.0 Å². The van der Waals surface area contributed by atoms with Crippen molar-refractivity contribution in [1.29, 1.82) is 0 Å². The predicted octanol–water partition coefficient (Wildman–Crippen LogP) is 0.854. The maximum absolute atomic E-state index is 11.8. The van der Waals surface area contributed by atoms with Gasteiger partial charge in [0.05, 0.1) is 11.9 Å². The lowest BCUT2D eigenvalue weighted by Crippen LogP contribution is -2.49. The van der Waals surface area contributed by atoms with Crippen molar-refractivity contribution >= 4 is 23.3 Å². The van der Waals surface area contributed by atoms with Crippen LogP contribution in [0.15, 0.2) is 11.0 Å². The number of halogens is 1. The van der Waals surface area contributed by atoms with Gasteiger partial charge >= 0.3 is 6.03 Å². The van der Waals surface area contributed by atoms with Gasteiger partial charge in [-0.05, 0) is 25.7 Å². The topological polar surface area (TPSA) is 90.1 Å². The lowest BCUT2D eigenvalue weighted by Gasteiger charge is -2.27. The van der Waals surface area contributed by atoms with Crippen LogP contribution in [0.5, 0.6) is 0 Å². The minimum atomic E-state index is -0.395. The van der Waals surface area contributed by atoms with E-state index < -0.39 is 5.56 Å². The molecule has 1 saturated heterocycles. The highest BCUT2D eigenvalue weighted by Crippen LogP contribution is 2.24. The zero-order chi connectivity index (χ0) is 14.8. The standard InChI is InChI=1S/C13H18ClN5O2/c14-11-10(6-15-18-12(11)20)19-5-4-9(7-19)17-13(21)16-8-2-1-3-8/h6,8-9H,1-5,7H2,(H,18,20)(H2,16,17,21). The van der Waals surface area contributed by atoms with E-state index in [0.717, 1.165) is 25.8 Å². The van der Waals surface area contributed by atoms with E-state index >= 15 is 0 Å². The summed E-state index contributed by atoms with van der Waals surface area (Å²) in [6.07, 6.45) is 5.69. The van der Waals surface area contributed by atoms with E-state index in [1.165, 1.54) is 6.42 Å². The smallest absolute Gasteiger partial charge is 0.315 e. The van der Waals surface area contributed by atoms with Gasteiger partial charge in [0.25, 0.3) is 5.56 Å². The number of hydrogen-bond donors (Lipinski definition) is 3. The summed E-state index contributed by atoms with van der Waals surface area (Å²) in [6, 6.07) is 0.274. The quantitative estimate of drug-likeness (QED) is 0.772. The number of hydrogen-bond acceptors (Lipinski definition) is 4. The Morgan fingerprint density at radius 2 is 2.10 bits per heavy atom. The second-order valence-corrected chi connectivity index (χ2v) is 5.95. The van der Waals surface area contributed by atoms with Gasteiger partial charge in [-0.25, -0.2) is 9.89 Å². The SMILES string of the molecule is O=C(NC1CCC1)NC1CCN(c2cn[nH]c(=O)c2Cl)C1. The van der Waals surface area contributed by atoms with Gasteiger partial charge in [-0.15, -0.1) is 0 Å². The Morgan fingerprint density at radius 3 is 2.81 bits per heavy atom. The Bertz CT molecular complexity index is 586. The number of anilines is 1. The number of aromatic amines is 1. The lowest BCUT2D eigenvalue weighted by atomic mass is 9.93. The van der Waals surface area contributed by atoms with Crippen molar-refractivity contribution in [3.05, 3.63) is 21.6 Å². The van der Waals surface area contributed by atoms with Gasteiger partial charge < -0.3 is 15.5 Å². The average Bonchev–Trinajstić information content (AvgIpc) is 2.85. The van der Waals surface area contributed by atoms with E-state index in [1.807, 2.05) is 4.90 Å². The lowest BCUT2D eigenvalue weighted by molar-refractivity contribution is 0.225. The van der Waals surface area contributed by atoms with E-state index in [4.69, 9.17) is 11.6 Å². The van der Waals surface area contributed by atoms with Crippen LogP contribution < -0.4 is 21.1 Å². The summed E-state index contributed by atoms with van der Waals surface area (Å²) in [4.78, 5) is 25.3. The number of H-pyrrole nitrogens is 1. The van der Waals surface area contributed by atoms with Gasteiger partial charge in [-0.1, -0.05) is 11.6 Å². The van der Waals surface area contributed by atoms with Gasteiger partial charge in [-0.3, -0.25) is 4.79 Å². The van der Waals surface area contributed by atoms with Crippen molar-refractivity contribution in [2.24, 2.45) is 0 Å². The van der Waals surface area contributed by atoms with Crippen LogP contribution >= 0.6 is 11.6 Å². The summed E-state index contributed by atoms with van der Waals surface area (Å²) in [7, 11) is 0. The predicted molar refractivity (Wildman–Crippen MR) is 79.8 cm³/mol. The molecule has 2 fully saturated rings. The molecule has 2 amide bonds. The Hall–Kier alpha value is -1.76. The Balaban J connectivity index is 1.56. The molecule has 21 heavy (non-hydrogen) atoms. The first-order valence-electron chi connectivity index (χ1n) is 7.18. The molecule has 1 saturated carbocycles. The second-order valence-electron chi connectivity index (χ2n) is 5.58. The number of urea groups is 1. The molecule has 0 bridgehead atoms. The highest BCUT2D eigenvalue weighted by atomic mass is 35.5. The first kappa shape index (κ1) is 14.2. The molecule has 1 aromatic heterocycles. The molecular weight excluding hydrogens is 294 g/mol. The van der Waals surface area contributed by atoms with Gasteiger partial charge in [0.1, 0.15) is 5.02 Å². The number of aromatic nitrogens is 2. The third-order valence-electron chi connectivity index (χ3n) is 4.08. The summed E-state index contributed by atoms with van der Waals surface area (Å²) in [5.41, 5.74) is 0.220. The summed E-state index contributed by atoms with van der Waals surface area (Å²) >= 11 is 6.00. The Labute approximate surface area is 127 Å². The van der Waals surface area contributed by atoms with E-state index in [0.29, 0.717) is 18.3 Å². The molecule has 1 aromatic rings. The number of carbonyl (C=O) groups is 1. The van der Waals surface area contributed by atoms with E-state index in [9.17, 15) is 9.59 Å². The maximum Gasteiger partial charge on any atom is 0.315 e. The summed E-state index contributed by atoms with van der Waals surface area (Å²) in [5, 5.41) is 12.1. The molecule has 0 aromatic carbocycles. The molecule has 1 aliphatic heterocycles. The Kier molecular flexibility index (Phi) is 4.01. The third kappa shape index (κ3) is 3.12. The van der Waals surface area contributed by atoms with Crippen LogP contribution in [-0.2, 0) is 0 Å². The number of rotatable bonds is 3. The Morgan fingerprint density at radius 1 is 1.33 bits per heavy atom. The van der Waals surface area contributed by atoms with Crippen LogP contribution in [0.1, 0.15) is 25.7 Å². The van der Waals surface area contributed by atoms with Gasteiger partial charge in [0.15, 0.2) is 0 Å². The molecule has 1 atom stereocenters. The molecule has 1 unspecified atom stereocenters. The maximum atomic E-state index is 11.8. The third-order valence-corrected chi connectivity index (χ3v) is 4.45. The molecule has 114 valence electrons.